The molecule has 0 heteroatoms. The molecule has 0 aromatic heterocycles. The monoisotopic (exact) mass is 272 g/mol. The third-order valence-corrected chi connectivity index (χ3v) is 5.00. The third-order valence-electron chi connectivity index (χ3n) is 5.00. The summed E-state index contributed by atoms with van der Waals surface area (Å²) in [5.41, 5.74) is 7.37. The molecule has 3 aliphatic rings. The Morgan fingerprint density at radius 2 is 1.90 bits per heavy atom. The summed E-state index contributed by atoms with van der Waals surface area (Å²) in [5, 5.41) is 0. The summed E-state index contributed by atoms with van der Waals surface area (Å²) in [6, 6.07) is 8.90. The second kappa shape index (κ2) is 4.46. The highest BCUT2D eigenvalue weighted by atomic mass is 14.4. The summed E-state index contributed by atoms with van der Waals surface area (Å²) in [6.45, 7) is 4.73. The van der Waals surface area contributed by atoms with E-state index < -0.39 is 0 Å². The zero-order chi connectivity index (χ0) is 14.4. The standard InChI is InChI=1S/C21H20/c1-21(2,15-9-3-4-10-15)20-18-13-7-5-11-16(18)17-12-6-8-14-19(17)20/h3,5-14,16H,4H2,1-2H3. The van der Waals surface area contributed by atoms with E-state index in [9.17, 15) is 0 Å². The Bertz CT molecular complexity index is 748. The predicted molar refractivity (Wildman–Crippen MR) is 90.0 cm³/mol. The Balaban J connectivity index is 1.96. The molecule has 1 unspecified atom stereocenters. The fraction of sp³-hybridized carbons (Fsp3) is 0.238. The summed E-state index contributed by atoms with van der Waals surface area (Å²) < 4.78 is 0. The maximum Gasteiger partial charge on any atom is 0.0281 e. The van der Waals surface area contributed by atoms with Gasteiger partial charge in [0, 0.05) is 11.3 Å². The van der Waals surface area contributed by atoms with Gasteiger partial charge in [-0.05, 0) is 34.3 Å². The van der Waals surface area contributed by atoms with E-state index in [1.807, 2.05) is 0 Å². The first-order valence-electron chi connectivity index (χ1n) is 7.75. The quantitative estimate of drug-likeness (QED) is 0.659. The molecule has 0 aliphatic heterocycles. The van der Waals surface area contributed by atoms with E-state index >= 15 is 0 Å². The SMILES string of the molecule is CC(C)(C1=CCC=C1)C1=C2C=CC=CC2c2ccccc21. The molecule has 21 heavy (non-hydrogen) atoms. The molecule has 4 rings (SSSR count). The molecule has 1 aromatic carbocycles. The van der Waals surface area contributed by atoms with Crippen LogP contribution in [0.2, 0.25) is 0 Å². The van der Waals surface area contributed by atoms with Crippen molar-refractivity contribution in [2.75, 3.05) is 0 Å². The molecule has 0 radical (unpaired) electrons. The van der Waals surface area contributed by atoms with Crippen LogP contribution in [0, 0.1) is 5.41 Å². The second-order valence-corrected chi connectivity index (χ2v) is 6.56. The van der Waals surface area contributed by atoms with Crippen molar-refractivity contribution >= 4 is 5.57 Å². The normalized spacial score (nSPS) is 22.6. The molecule has 0 saturated carbocycles. The lowest BCUT2D eigenvalue weighted by Crippen LogP contribution is -2.16. The van der Waals surface area contributed by atoms with E-state index in [1.165, 1.54) is 27.8 Å². The molecule has 0 nitrogen and oxygen atoms in total. The minimum Gasteiger partial charge on any atom is -0.0804 e. The van der Waals surface area contributed by atoms with Crippen LogP contribution in [0.3, 0.4) is 0 Å². The van der Waals surface area contributed by atoms with Gasteiger partial charge >= 0.3 is 0 Å². The molecule has 0 amide bonds. The Morgan fingerprint density at radius 3 is 2.71 bits per heavy atom. The fourth-order valence-electron chi connectivity index (χ4n) is 3.97. The highest BCUT2D eigenvalue weighted by molar-refractivity contribution is 5.86. The van der Waals surface area contributed by atoms with Crippen LogP contribution in [0.25, 0.3) is 5.57 Å². The first-order chi connectivity index (χ1) is 10.2. The third kappa shape index (κ3) is 1.75. The molecule has 3 aliphatic carbocycles. The van der Waals surface area contributed by atoms with Crippen molar-refractivity contribution < 1.29 is 0 Å². The van der Waals surface area contributed by atoms with Crippen molar-refractivity contribution in [3.05, 3.63) is 89.1 Å². The molecule has 0 bridgehead atoms. The van der Waals surface area contributed by atoms with Crippen molar-refractivity contribution in [2.24, 2.45) is 5.41 Å². The van der Waals surface area contributed by atoms with Crippen LogP contribution in [0.5, 0.6) is 0 Å². The summed E-state index contributed by atoms with van der Waals surface area (Å²) >= 11 is 0. The van der Waals surface area contributed by atoms with E-state index in [0.717, 1.165) is 6.42 Å². The largest absolute Gasteiger partial charge is 0.0804 e. The van der Waals surface area contributed by atoms with Gasteiger partial charge in [0.25, 0.3) is 0 Å². The van der Waals surface area contributed by atoms with Gasteiger partial charge in [-0.1, -0.05) is 80.6 Å². The van der Waals surface area contributed by atoms with Crippen molar-refractivity contribution in [1.29, 1.82) is 0 Å². The number of allylic oxidation sites excluding steroid dienone is 10. The van der Waals surface area contributed by atoms with Crippen LogP contribution in [0.15, 0.2) is 77.9 Å². The molecule has 0 N–H and O–H groups in total. The van der Waals surface area contributed by atoms with Crippen LogP contribution in [0.1, 0.15) is 37.3 Å². The Kier molecular flexibility index (Phi) is 2.68. The summed E-state index contributed by atoms with van der Waals surface area (Å²) in [5.74, 6) is 0.437. The van der Waals surface area contributed by atoms with Crippen LogP contribution >= 0.6 is 0 Å². The van der Waals surface area contributed by atoms with Crippen LogP contribution in [-0.4, -0.2) is 0 Å². The fourth-order valence-corrected chi connectivity index (χ4v) is 3.97. The van der Waals surface area contributed by atoms with Gasteiger partial charge in [-0.3, -0.25) is 0 Å². The molecular weight excluding hydrogens is 252 g/mol. The molecular formula is C21H20. The summed E-state index contributed by atoms with van der Waals surface area (Å²) in [6.07, 6.45) is 17.0. The van der Waals surface area contributed by atoms with Crippen LogP contribution in [-0.2, 0) is 0 Å². The maximum atomic E-state index is 2.37. The van der Waals surface area contributed by atoms with Gasteiger partial charge in [0.05, 0.1) is 0 Å². The Hall–Kier alpha value is -2.08. The zero-order valence-corrected chi connectivity index (χ0v) is 12.6. The van der Waals surface area contributed by atoms with Gasteiger partial charge in [0.15, 0.2) is 0 Å². The minimum atomic E-state index is 0.0582. The van der Waals surface area contributed by atoms with Crippen molar-refractivity contribution in [2.45, 2.75) is 26.2 Å². The highest BCUT2D eigenvalue weighted by Gasteiger charge is 2.38. The first-order valence-corrected chi connectivity index (χ1v) is 7.75. The Morgan fingerprint density at radius 1 is 1.05 bits per heavy atom. The Labute approximate surface area is 126 Å². The average Bonchev–Trinajstić information content (AvgIpc) is 3.14. The lowest BCUT2D eigenvalue weighted by atomic mass is 9.74. The van der Waals surface area contributed by atoms with Gasteiger partial charge in [-0.2, -0.15) is 0 Å². The van der Waals surface area contributed by atoms with Crippen LogP contribution < -0.4 is 0 Å². The van der Waals surface area contributed by atoms with Gasteiger partial charge in [0.1, 0.15) is 0 Å². The minimum absolute atomic E-state index is 0.0582. The van der Waals surface area contributed by atoms with Crippen molar-refractivity contribution in [3.63, 3.8) is 0 Å². The number of hydrogen-bond acceptors (Lipinski definition) is 0. The van der Waals surface area contributed by atoms with E-state index in [2.05, 4.69) is 80.6 Å². The average molecular weight is 272 g/mol. The van der Waals surface area contributed by atoms with Gasteiger partial charge in [-0.25, -0.2) is 0 Å². The topological polar surface area (TPSA) is 0 Å². The number of rotatable bonds is 2. The molecule has 1 atom stereocenters. The first kappa shape index (κ1) is 12.6. The summed E-state index contributed by atoms with van der Waals surface area (Å²) in [4.78, 5) is 0. The van der Waals surface area contributed by atoms with E-state index in [-0.39, 0.29) is 5.41 Å². The van der Waals surface area contributed by atoms with E-state index in [4.69, 9.17) is 0 Å². The lowest BCUT2D eigenvalue weighted by molar-refractivity contribution is 0.617. The lowest BCUT2D eigenvalue weighted by Gasteiger charge is -2.30. The van der Waals surface area contributed by atoms with Crippen LogP contribution in [0.4, 0.5) is 0 Å². The van der Waals surface area contributed by atoms with E-state index in [1.54, 1.807) is 0 Å². The number of hydrogen-bond donors (Lipinski definition) is 0. The molecule has 104 valence electrons. The van der Waals surface area contributed by atoms with Gasteiger partial charge < -0.3 is 0 Å². The molecule has 0 heterocycles. The molecule has 0 saturated heterocycles. The summed E-state index contributed by atoms with van der Waals surface area (Å²) in [7, 11) is 0. The molecule has 0 spiro atoms. The van der Waals surface area contributed by atoms with Gasteiger partial charge in [-0.15, -0.1) is 0 Å². The molecule has 1 aromatic rings. The van der Waals surface area contributed by atoms with Crippen molar-refractivity contribution in [3.8, 4) is 0 Å². The highest BCUT2D eigenvalue weighted by Crippen LogP contribution is 2.54. The number of fused-ring (bicyclic) bond motifs is 3. The van der Waals surface area contributed by atoms with E-state index in [0.29, 0.717) is 5.92 Å². The zero-order valence-electron chi connectivity index (χ0n) is 12.6. The van der Waals surface area contributed by atoms with Crippen molar-refractivity contribution in [1.82, 2.24) is 0 Å². The van der Waals surface area contributed by atoms with Gasteiger partial charge in [0.2, 0.25) is 0 Å². The predicted octanol–water partition coefficient (Wildman–Crippen LogP) is 5.58. The maximum absolute atomic E-state index is 2.37. The molecule has 0 fully saturated rings. The second-order valence-electron chi connectivity index (χ2n) is 6.56. The number of benzene rings is 1. The smallest absolute Gasteiger partial charge is 0.0281 e.